The molecule has 1 saturated heterocycles. The van der Waals surface area contributed by atoms with Crippen LogP contribution in [0, 0.1) is 0 Å². The minimum absolute atomic E-state index is 0.945. The van der Waals surface area contributed by atoms with E-state index in [4.69, 9.17) is 4.74 Å². The van der Waals surface area contributed by atoms with Crippen LogP contribution < -0.4 is 15.0 Å². The zero-order valence-corrected chi connectivity index (χ0v) is 9.33. The summed E-state index contributed by atoms with van der Waals surface area (Å²) in [5, 5.41) is 2.40. The van der Waals surface area contributed by atoms with E-state index in [2.05, 4.69) is 17.4 Å². The lowest BCUT2D eigenvalue weighted by atomic mass is 10.2. The Kier molecular flexibility index (Phi) is 3.59. The van der Waals surface area contributed by atoms with Gasteiger partial charge in [0.25, 0.3) is 0 Å². The molecule has 3 nitrogen and oxygen atoms in total. The van der Waals surface area contributed by atoms with Crippen molar-refractivity contribution in [1.29, 1.82) is 0 Å². The molecule has 3 heteroatoms. The number of hydrogen-bond donors (Lipinski definition) is 2. The fourth-order valence-corrected chi connectivity index (χ4v) is 2.09. The summed E-state index contributed by atoms with van der Waals surface area (Å²) in [6.07, 6.45) is 0. The van der Waals surface area contributed by atoms with Crippen molar-refractivity contribution in [3.63, 3.8) is 0 Å². The van der Waals surface area contributed by atoms with E-state index in [-0.39, 0.29) is 0 Å². The molecule has 0 saturated carbocycles. The molecule has 1 aliphatic heterocycles. The van der Waals surface area contributed by atoms with Crippen molar-refractivity contribution in [2.75, 3.05) is 33.3 Å². The largest absolute Gasteiger partial charge is 0.497 e. The van der Waals surface area contributed by atoms with Gasteiger partial charge >= 0.3 is 0 Å². The summed E-state index contributed by atoms with van der Waals surface area (Å²) < 4.78 is 5.15. The summed E-state index contributed by atoms with van der Waals surface area (Å²) >= 11 is 0. The first-order valence-corrected chi connectivity index (χ1v) is 5.66. The van der Waals surface area contributed by atoms with Crippen LogP contribution in [0.2, 0.25) is 0 Å². The number of hydrogen-bond acceptors (Lipinski definition) is 1. The summed E-state index contributed by atoms with van der Waals surface area (Å²) in [6, 6.07) is 8.43. The van der Waals surface area contributed by atoms with Crippen LogP contribution >= 0.6 is 0 Å². The lowest BCUT2D eigenvalue weighted by Gasteiger charge is -2.22. The van der Waals surface area contributed by atoms with Crippen LogP contribution in [0.4, 0.5) is 0 Å². The molecular formula is C12H20N2O+2. The number of nitrogens with one attached hydrogen (secondary N) is 1. The van der Waals surface area contributed by atoms with Gasteiger partial charge < -0.3 is 15.0 Å². The Hall–Kier alpha value is -1.06. The zero-order chi connectivity index (χ0) is 10.5. The topological polar surface area (TPSA) is 30.3 Å². The summed E-state index contributed by atoms with van der Waals surface area (Å²) in [4.78, 5) is 1.70. The standard InChI is InChI=1S/C12H18N2O/c1-15-12-4-2-11(3-5-12)10-14-8-6-13-7-9-14/h2-5,13H,6-10H2,1H3/p+2. The highest BCUT2D eigenvalue weighted by molar-refractivity contribution is 5.26. The quantitative estimate of drug-likeness (QED) is 0.632. The maximum atomic E-state index is 5.15. The van der Waals surface area contributed by atoms with Crippen LogP contribution in [0.3, 0.4) is 0 Å². The normalized spacial score (nSPS) is 17.7. The maximum Gasteiger partial charge on any atom is 0.127 e. The van der Waals surface area contributed by atoms with Gasteiger partial charge in [-0.15, -0.1) is 0 Å². The number of benzene rings is 1. The third kappa shape index (κ3) is 2.94. The third-order valence-corrected chi connectivity index (χ3v) is 3.02. The van der Waals surface area contributed by atoms with E-state index in [1.54, 1.807) is 12.0 Å². The van der Waals surface area contributed by atoms with Gasteiger partial charge in [0, 0.05) is 5.56 Å². The Morgan fingerprint density at radius 1 is 1.20 bits per heavy atom. The van der Waals surface area contributed by atoms with Crippen LogP contribution in [-0.2, 0) is 6.54 Å². The fourth-order valence-electron chi connectivity index (χ4n) is 2.09. The van der Waals surface area contributed by atoms with E-state index >= 15 is 0 Å². The molecule has 0 bridgehead atoms. The van der Waals surface area contributed by atoms with Gasteiger partial charge in [-0.05, 0) is 24.3 Å². The van der Waals surface area contributed by atoms with E-state index in [9.17, 15) is 0 Å². The minimum Gasteiger partial charge on any atom is -0.497 e. The van der Waals surface area contributed by atoms with Crippen molar-refractivity contribution in [2.45, 2.75) is 6.54 Å². The fraction of sp³-hybridized carbons (Fsp3) is 0.500. The number of methoxy groups -OCH3 is 1. The molecule has 0 radical (unpaired) electrons. The molecule has 1 fully saturated rings. The lowest BCUT2D eigenvalue weighted by Crippen LogP contribution is -3.19. The predicted octanol–water partition coefficient (Wildman–Crippen LogP) is -1.34. The van der Waals surface area contributed by atoms with Crippen molar-refractivity contribution in [1.82, 2.24) is 0 Å². The van der Waals surface area contributed by atoms with Crippen LogP contribution in [0.1, 0.15) is 5.56 Å². The molecule has 0 aromatic heterocycles. The summed E-state index contributed by atoms with van der Waals surface area (Å²) in [5.41, 5.74) is 1.41. The number of rotatable bonds is 3. The van der Waals surface area contributed by atoms with E-state index in [1.807, 2.05) is 12.1 Å². The first-order chi connectivity index (χ1) is 7.38. The first kappa shape index (κ1) is 10.5. The summed E-state index contributed by atoms with van der Waals surface area (Å²) in [5.74, 6) is 0.945. The Morgan fingerprint density at radius 2 is 1.87 bits per heavy atom. The highest BCUT2D eigenvalue weighted by atomic mass is 16.5. The van der Waals surface area contributed by atoms with Gasteiger partial charge in [-0.2, -0.15) is 0 Å². The van der Waals surface area contributed by atoms with Crippen molar-refractivity contribution in [2.24, 2.45) is 0 Å². The van der Waals surface area contributed by atoms with Gasteiger partial charge in [0.1, 0.15) is 38.5 Å². The van der Waals surface area contributed by atoms with E-state index in [0.29, 0.717) is 0 Å². The number of nitrogens with two attached hydrogens (primary N) is 1. The Morgan fingerprint density at radius 3 is 2.47 bits per heavy atom. The first-order valence-electron chi connectivity index (χ1n) is 5.66. The van der Waals surface area contributed by atoms with Gasteiger partial charge in [0.05, 0.1) is 7.11 Å². The second-order valence-electron chi connectivity index (χ2n) is 4.14. The van der Waals surface area contributed by atoms with Gasteiger partial charge in [-0.3, -0.25) is 0 Å². The highest BCUT2D eigenvalue weighted by Crippen LogP contribution is 2.10. The zero-order valence-electron chi connectivity index (χ0n) is 9.33. The van der Waals surface area contributed by atoms with Crippen molar-refractivity contribution >= 4 is 0 Å². The van der Waals surface area contributed by atoms with Crippen LogP contribution in [-0.4, -0.2) is 33.3 Å². The molecular weight excluding hydrogens is 188 g/mol. The Balaban J connectivity index is 1.91. The maximum absolute atomic E-state index is 5.15. The van der Waals surface area contributed by atoms with Crippen molar-refractivity contribution in [3.8, 4) is 5.75 Å². The number of quaternary nitrogens is 2. The molecule has 0 unspecified atom stereocenters. The van der Waals surface area contributed by atoms with E-state index in [0.717, 1.165) is 12.3 Å². The molecule has 1 heterocycles. The summed E-state index contributed by atoms with van der Waals surface area (Å²) in [6.45, 7) is 6.26. The monoisotopic (exact) mass is 208 g/mol. The number of ether oxygens (including phenoxy) is 1. The number of piperazine rings is 1. The molecule has 1 aromatic rings. The highest BCUT2D eigenvalue weighted by Gasteiger charge is 2.15. The molecule has 3 N–H and O–H groups in total. The molecule has 1 aliphatic rings. The predicted molar refractivity (Wildman–Crippen MR) is 59.1 cm³/mol. The average Bonchev–Trinajstić information content (AvgIpc) is 2.31. The van der Waals surface area contributed by atoms with Gasteiger partial charge in [-0.1, -0.05) is 0 Å². The van der Waals surface area contributed by atoms with Gasteiger partial charge in [-0.25, -0.2) is 0 Å². The average molecular weight is 208 g/mol. The van der Waals surface area contributed by atoms with Crippen molar-refractivity contribution < 1.29 is 15.0 Å². The molecule has 0 spiro atoms. The van der Waals surface area contributed by atoms with Gasteiger partial charge in [0.15, 0.2) is 0 Å². The molecule has 0 aliphatic carbocycles. The van der Waals surface area contributed by atoms with Crippen molar-refractivity contribution in [3.05, 3.63) is 29.8 Å². The second kappa shape index (κ2) is 5.14. The molecule has 82 valence electrons. The second-order valence-corrected chi connectivity index (χ2v) is 4.14. The van der Waals surface area contributed by atoms with Crippen LogP contribution in [0.5, 0.6) is 5.75 Å². The Bertz CT molecular complexity index is 291. The lowest BCUT2D eigenvalue weighted by molar-refractivity contribution is -0.958. The minimum atomic E-state index is 0.945. The van der Waals surface area contributed by atoms with Crippen LogP contribution in [0.25, 0.3) is 0 Å². The molecule has 2 rings (SSSR count). The molecule has 15 heavy (non-hydrogen) atoms. The molecule has 1 aromatic carbocycles. The van der Waals surface area contributed by atoms with E-state index in [1.165, 1.54) is 31.7 Å². The molecule has 0 atom stereocenters. The smallest absolute Gasteiger partial charge is 0.127 e. The molecule has 0 amide bonds. The van der Waals surface area contributed by atoms with Crippen LogP contribution in [0.15, 0.2) is 24.3 Å². The summed E-state index contributed by atoms with van der Waals surface area (Å²) in [7, 11) is 1.71. The van der Waals surface area contributed by atoms with Gasteiger partial charge in [0.2, 0.25) is 0 Å². The third-order valence-electron chi connectivity index (χ3n) is 3.02. The SMILES string of the molecule is COc1ccc(C[NH+]2CC[NH2+]CC2)cc1. The Labute approximate surface area is 91.0 Å². The van der Waals surface area contributed by atoms with E-state index < -0.39 is 0 Å².